The number of amides is 1. The SMILES string of the molecule is CCC(=O)C(C)(C)C(=O)Nc1c(OC)cc(OC)cc1OC. The van der Waals surface area contributed by atoms with Crippen LogP contribution in [0.15, 0.2) is 12.1 Å². The zero-order valence-corrected chi connectivity index (χ0v) is 13.9. The van der Waals surface area contributed by atoms with E-state index in [-0.39, 0.29) is 12.2 Å². The highest BCUT2D eigenvalue weighted by Crippen LogP contribution is 2.39. The molecule has 0 heterocycles. The van der Waals surface area contributed by atoms with E-state index in [1.165, 1.54) is 21.3 Å². The lowest BCUT2D eigenvalue weighted by atomic mass is 9.85. The Bertz CT molecular complexity index is 541. The molecule has 1 N–H and O–H groups in total. The van der Waals surface area contributed by atoms with Crippen LogP contribution in [0.1, 0.15) is 27.2 Å². The lowest BCUT2D eigenvalue weighted by Gasteiger charge is -2.23. The average Bonchev–Trinajstić information content (AvgIpc) is 2.53. The van der Waals surface area contributed by atoms with Crippen LogP contribution in [0.25, 0.3) is 0 Å². The van der Waals surface area contributed by atoms with Crippen LogP contribution in [0.2, 0.25) is 0 Å². The van der Waals surface area contributed by atoms with Crippen molar-refractivity contribution in [2.24, 2.45) is 5.41 Å². The Morgan fingerprint density at radius 1 is 1.05 bits per heavy atom. The van der Waals surface area contributed by atoms with Gasteiger partial charge in [0.15, 0.2) is 0 Å². The topological polar surface area (TPSA) is 73.9 Å². The van der Waals surface area contributed by atoms with E-state index in [0.29, 0.717) is 22.9 Å². The summed E-state index contributed by atoms with van der Waals surface area (Å²) in [6.45, 7) is 4.92. The summed E-state index contributed by atoms with van der Waals surface area (Å²) in [4.78, 5) is 24.4. The third-order valence-electron chi connectivity index (χ3n) is 3.54. The van der Waals surface area contributed by atoms with Gasteiger partial charge in [-0.1, -0.05) is 6.92 Å². The minimum atomic E-state index is -1.13. The number of hydrogen-bond donors (Lipinski definition) is 1. The number of hydrogen-bond acceptors (Lipinski definition) is 5. The van der Waals surface area contributed by atoms with Gasteiger partial charge in [-0.25, -0.2) is 0 Å². The highest BCUT2D eigenvalue weighted by atomic mass is 16.5. The van der Waals surface area contributed by atoms with Crippen molar-refractivity contribution in [2.45, 2.75) is 27.2 Å². The van der Waals surface area contributed by atoms with E-state index in [4.69, 9.17) is 14.2 Å². The van der Waals surface area contributed by atoms with Gasteiger partial charge in [0, 0.05) is 18.6 Å². The highest BCUT2D eigenvalue weighted by Gasteiger charge is 2.35. The average molecular weight is 309 g/mol. The molecule has 6 nitrogen and oxygen atoms in total. The van der Waals surface area contributed by atoms with Gasteiger partial charge in [-0.05, 0) is 13.8 Å². The number of ether oxygens (including phenoxy) is 3. The monoisotopic (exact) mass is 309 g/mol. The number of carbonyl (C=O) groups excluding carboxylic acids is 2. The Morgan fingerprint density at radius 3 is 1.91 bits per heavy atom. The molecule has 0 radical (unpaired) electrons. The molecule has 0 saturated carbocycles. The van der Waals surface area contributed by atoms with Gasteiger partial charge in [0.1, 0.15) is 34.1 Å². The summed E-state index contributed by atoms with van der Waals surface area (Å²) in [6, 6.07) is 3.26. The number of rotatable bonds is 7. The molecule has 0 aliphatic heterocycles. The second-order valence-corrected chi connectivity index (χ2v) is 5.26. The standard InChI is InChI=1S/C16H23NO5/c1-7-13(18)16(2,3)15(19)17-14-11(21-5)8-10(20-4)9-12(14)22-6/h8-9H,7H2,1-6H3,(H,17,19). The Kier molecular flexibility index (Phi) is 5.79. The maximum absolute atomic E-state index is 12.5. The first-order valence-electron chi connectivity index (χ1n) is 6.96. The van der Waals surface area contributed by atoms with Crippen LogP contribution < -0.4 is 19.5 Å². The molecule has 22 heavy (non-hydrogen) atoms. The molecule has 0 unspecified atom stereocenters. The van der Waals surface area contributed by atoms with Gasteiger partial charge in [0.05, 0.1) is 21.3 Å². The molecular formula is C16H23NO5. The number of carbonyl (C=O) groups is 2. The quantitative estimate of drug-likeness (QED) is 0.784. The summed E-state index contributed by atoms with van der Waals surface area (Å²) >= 11 is 0. The van der Waals surface area contributed by atoms with Crippen LogP contribution in [-0.4, -0.2) is 33.0 Å². The summed E-state index contributed by atoms with van der Waals surface area (Å²) < 4.78 is 15.7. The first-order chi connectivity index (χ1) is 10.3. The number of benzene rings is 1. The number of methoxy groups -OCH3 is 3. The van der Waals surface area contributed by atoms with E-state index in [0.717, 1.165) is 0 Å². The first-order valence-corrected chi connectivity index (χ1v) is 6.96. The molecule has 0 saturated heterocycles. The predicted molar refractivity (Wildman–Crippen MR) is 83.8 cm³/mol. The van der Waals surface area contributed by atoms with E-state index in [2.05, 4.69) is 5.32 Å². The lowest BCUT2D eigenvalue weighted by Crippen LogP contribution is -2.37. The smallest absolute Gasteiger partial charge is 0.237 e. The molecular weight excluding hydrogens is 286 g/mol. The molecule has 0 bridgehead atoms. The maximum Gasteiger partial charge on any atom is 0.237 e. The second-order valence-electron chi connectivity index (χ2n) is 5.26. The van der Waals surface area contributed by atoms with E-state index in [1.54, 1.807) is 32.9 Å². The van der Waals surface area contributed by atoms with E-state index in [1.807, 2.05) is 0 Å². The summed E-state index contributed by atoms with van der Waals surface area (Å²) in [5, 5.41) is 2.72. The van der Waals surface area contributed by atoms with Crippen molar-refractivity contribution in [1.29, 1.82) is 0 Å². The van der Waals surface area contributed by atoms with Crippen molar-refractivity contribution in [3.05, 3.63) is 12.1 Å². The maximum atomic E-state index is 12.5. The predicted octanol–water partition coefficient (Wildman–Crippen LogP) is 2.66. The number of anilines is 1. The first kappa shape index (κ1) is 17.8. The van der Waals surface area contributed by atoms with Gasteiger partial charge in [0.25, 0.3) is 0 Å². The zero-order chi connectivity index (χ0) is 16.9. The van der Waals surface area contributed by atoms with E-state index >= 15 is 0 Å². The fraction of sp³-hybridized carbons (Fsp3) is 0.500. The Labute approximate surface area is 130 Å². The number of nitrogens with one attached hydrogen (secondary N) is 1. The molecule has 1 aromatic carbocycles. The molecule has 1 amide bonds. The van der Waals surface area contributed by atoms with Crippen molar-refractivity contribution in [1.82, 2.24) is 0 Å². The van der Waals surface area contributed by atoms with Gasteiger partial charge < -0.3 is 19.5 Å². The van der Waals surface area contributed by atoms with Crippen LogP contribution >= 0.6 is 0 Å². The number of ketones is 1. The van der Waals surface area contributed by atoms with E-state index < -0.39 is 11.3 Å². The fourth-order valence-electron chi connectivity index (χ4n) is 1.97. The van der Waals surface area contributed by atoms with Crippen molar-refractivity contribution >= 4 is 17.4 Å². The summed E-state index contributed by atoms with van der Waals surface area (Å²) in [5.74, 6) is 0.766. The van der Waals surface area contributed by atoms with Crippen molar-refractivity contribution in [2.75, 3.05) is 26.6 Å². The number of Topliss-reactive ketones (excluding diaryl/α,β-unsaturated/α-hetero) is 1. The van der Waals surface area contributed by atoms with Crippen LogP contribution in [0.4, 0.5) is 5.69 Å². The van der Waals surface area contributed by atoms with Crippen LogP contribution in [0.5, 0.6) is 17.2 Å². The van der Waals surface area contributed by atoms with Gasteiger partial charge >= 0.3 is 0 Å². The molecule has 122 valence electrons. The third kappa shape index (κ3) is 3.50. The van der Waals surface area contributed by atoms with Crippen LogP contribution in [0.3, 0.4) is 0 Å². The minimum Gasteiger partial charge on any atom is -0.496 e. The molecule has 0 atom stereocenters. The molecule has 1 rings (SSSR count). The van der Waals surface area contributed by atoms with Crippen molar-refractivity contribution in [3.63, 3.8) is 0 Å². The Morgan fingerprint density at radius 2 is 1.55 bits per heavy atom. The van der Waals surface area contributed by atoms with Crippen molar-refractivity contribution in [3.8, 4) is 17.2 Å². The normalized spacial score (nSPS) is 10.8. The van der Waals surface area contributed by atoms with Gasteiger partial charge in [0.2, 0.25) is 5.91 Å². The molecule has 6 heteroatoms. The summed E-state index contributed by atoms with van der Waals surface area (Å²) in [6.07, 6.45) is 0.289. The fourth-order valence-corrected chi connectivity index (χ4v) is 1.97. The highest BCUT2D eigenvalue weighted by molar-refractivity contribution is 6.11. The molecule has 0 aliphatic rings. The minimum absolute atomic E-state index is 0.142. The second kappa shape index (κ2) is 7.15. The summed E-state index contributed by atoms with van der Waals surface area (Å²) in [5.41, 5.74) is -0.766. The zero-order valence-electron chi connectivity index (χ0n) is 13.9. The molecule has 1 aromatic rings. The van der Waals surface area contributed by atoms with Gasteiger partial charge in [-0.15, -0.1) is 0 Å². The van der Waals surface area contributed by atoms with E-state index in [9.17, 15) is 9.59 Å². The largest absolute Gasteiger partial charge is 0.496 e. The van der Waals surface area contributed by atoms with Crippen LogP contribution in [-0.2, 0) is 9.59 Å². The molecule has 0 aromatic heterocycles. The van der Waals surface area contributed by atoms with Gasteiger partial charge in [-0.2, -0.15) is 0 Å². The van der Waals surface area contributed by atoms with Gasteiger partial charge in [-0.3, -0.25) is 9.59 Å². The Balaban J connectivity index is 3.22. The van der Waals surface area contributed by atoms with Crippen molar-refractivity contribution < 1.29 is 23.8 Å². The molecule has 0 aliphatic carbocycles. The Hall–Kier alpha value is -2.24. The molecule has 0 fully saturated rings. The lowest BCUT2D eigenvalue weighted by molar-refractivity contribution is -0.136. The summed E-state index contributed by atoms with van der Waals surface area (Å²) in [7, 11) is 4.48. The molecule has 0 spiro atoms. The third-order valence-corrected chi connectivity index (χ3v) is 3.54. The van der Waals surface area contributed by atoms with Crippen LogP contribution in [0, 0.1) is 5.41 Å².